The first kappa shape index (κ1) is 22.9. The third-order valence-corrected chi connectivity index (χ3v) is 9.44. The molecule has 1 fully saturated rings. The fourth-order valence-corrected chi connectivity index (χ4v) is 7.57. The molecule has 0 aromatic heterocycles. The lowest BCUT2D eigenvalue weighted by molar-refractivity contribution is -0.137. The van der Waals surface area contributed by atoms with Crippen molar-refractivity contribution in [1.29, 1.82) is 0 Å². The van der Waals surface area contributed by atoms with Gasteiger partial charge in [0.15, 0.2) is 16.9 Å². The van der Waals surface area contributed by atoms with Crippen LogP contribution < -0.4 is 18.7 Å². The molecule has 0 bridgehead atoms. The van der Waals surface area contributed by atoms with E-state index in [9.17, 15) is 0 Å². The Bertz CT molecular complexity index is 1390. The van der Waals surface area contributed by atoms with Crippen molar-refractivity contribution >= 4 is 11.6 Å². The van der Waals surface area contributed by atoms with E-state index in [-0.39, 0.29) is 18.7 Å². The molecule has 3 atom stereocenters. The summed E-state index contributed by atoms with van der Waals surface area (Å²) in [6.07, 6.45) is 6.15. The normalized spacial score (nSPS) is 26.7. The van der Waals surface area contributed by atoms with Gasteiger partial charge in [0.05, 0.1) is 0 Å². The zero-order valence-corrected chi connectivity index (χ0v) is 21.7. The summed E-state index contributed by atoms with van der Waals surface area (Å²) in [6.45, 7) is 5.62. The summed E-state index contributed by atoms with van der Waals surface area (Å²) >= 11 is 0. The highest BCUT2D eigenvalue weighted by Gasteiger charge is 2.68. The van der Waals surface area contributed by atoms with Crippen molar-refractivity contribution in [2.24, 2.45) is 5.92 Å². The van der Waals surface area contributed by atoms with Crippen molar-refractivity contribution in [3.8, 4) is 17.2 Å². The van der Waals surface area contributed by atoms with E-state index < -0.39 is 5.41 Å². The number of quaternary nitrogens is 1. The van der Waals surface area contributed by atoms with Crippen LogP contribution in [0.3, 0.4) is 0 Å². The molecule has 0 N–H and O–H groups in total. The van der Waals surface area contributed by atoms with Gasteiger partial charge < -0.3 is 14.2 Å². The van der Waals surface area contributed by atoms with Crippen LogP contribution in [0.1, 0.15) is 61.3 Å². The molecule has 190 valence electrons. The molecule has 3 aliphatic heterocycles. The van der Waals surface area contributed by atoms with Crippen LogP contribution in [0.4, 0.5) is 5.69 Å². The number of ether oxygens (including phenoxy) is 3. The average Bonchev–Trinajstić information content (AvgIpc) is 3.59. The summed E-state index contributed by atoms with van der Waals surface area (Å²) in [7, 11) is 0. The maximum Gasteiger partial charge on any atom is 0.338 e. The quantitative estimate of drug-likeness (QED) is 0.391. The second-order valence-electron chi connectivity index (χ2n) is 11.4. The number of nitrogens with zero attached hydrogens (tertiary/aromatic N) is 1. The number of carbonyl (C=O) groups is 1. The highest BCUT2D eigenvalue weighted by atomic mass is 16.7. The molecule has 1 spiro atoms. The predicted octanol–water partition coefficient (Wildman–Crippen LogP) is 6.42. The topological polar surface area (TPSA) is 44.8 Å². The fraction of sp³-hybridized carbons (Fsp3) is 0.406. The summed E-state index contributed by atoms with van der Waals surface area (Å²) < 4.78 is 18.0. The maximum absolute atomic E-state index is 15.4. The van der Waals surface area contributed by atoms with Gasteiger partial charge in [-0.25, -0.2) is 9.28 Å². The number of rotatable bonds is 4. The van der Waals surface area contributed by atoms with E-state index >= 15 is 4.79 Å². The average molecular weight is 497 g/mol. The van der Waals surface area contributed by atoms with Gasteiger partial charge in [-0.15, -0.1) is 0 Å². The van der Waals surface area contributed by atoms with Gasteiger partial charge in [0.25, 0.3) is 0 Å². The molecule has 0 saturated heterocycles. The minimum absolute atomic E-state index is 0.159. The molecule has 3 heterocycles. The molecule has 3 unspecified atom stereocenters. The molecule has 37 heavy (non-hydrogen) atoms. The summed E-state index contributed by atoms with van der Waals surface area (Å²) in [6, 6.07) is 21.2. The van der Waals surface area contributed by atoms with Crippen LogP contribution in [0.25, 0.3) is 0 Å². The lowest BCUT2D eigenvalue weighted by Crippen LogP contribution is -2.63. The van der Waals surface area contributed by atoms with E-state index in [1.807, 2.05) is 12.1 Å². The minimum Gasteiger partial charge on any atom is -0.491 e. The van der Waals surface area contributed by atoms with Crippen LogP contribution >= 0.6 is 0 Å². The summed E-state index contributed by atoms with van der Waals surface area (Å²) in [5.74, 6) is 2.84. The number of fused-ring (bicyclic) bond motifs is 5. The van der Waals surface area contributed by atoms with Crippen molar-refractivity contribution in [3.63, 3.8) is 0 Å². The van der Waals surface area contributed by atoms with E-state index in [4.69, 9.17) is 14.2 Å². The van der Waals surface area contributed by atoms with Crippen LogP contribution in [-0.4, -0.2) is 25.3 Å². The highest BCUT2D eigenvalue weighted by Crippen LogP contribution is 2.59. The van der Waals surface area contributed by atoms with Crippen LogP contribution in [0.15, 0.2) is 60.7 Å². The largest absolute Gasteiger partial charge is 0.491 e. The SMILES string of the molecule is Cc1cccc(C[N+]2(C(C)C3CCCCC3)C(=O)C3(COc4cc5c(cc43)OCO5)c3ccccc32)c1. The number of aryl methyl sites for hydroxylation is 1. The third kappa shape index (κ3) is 3.16. The Labute approximate surface area is 218 Å². The molecule has 7 rings (SSSR count). The second kappa shape index (κ2) is 8.35. The number of benzene rings is 3. The van der Waals surface area contributed by atoms with Gasteiger partial charge in [0.1, 0.15) is 30.6 Å². The Balaban J connectivity index is 1.45. The predicted molar refractivity (Wildman–Crippen MR) is 143 cm³/mol. The van der Waals surface area contributed by atoms with Crippen molar-refractivity contribution in [2.75, 3.05) is 13.4 Å². The number of hydrogen-bond acceptors (Lipinski definition) is 4. The smallest absolute Gasteiger partial charge is 0.338 e. The lowest BCUT2D eigenvalue weighted by Gasteiger charge is -2.43. The van der Waals surface area contributed by atoms with Gasteiger partial charge in [-0.2, -0.15) is 0 Å². The van der Waals surface area contributed by atoms with E-state index in [1.54, 1.807) is 0 Å². The number of carbonyl (C=O) groups excluding carboxylic acids is 1. The number of para-hydroxylation sites is 1. The summed E-state index contributed by atoms with van der Waals surface area (Å²) in [4.78, 5) is 15.4. The number of amides is 1. The molecule has 1 amide bonds. The Hall–Kier alpha value is -3.31. The third-order valence-electron chi connectivity index (χ3n) is 9.44. The molecular formula is C32H34NO4+. The molecule has 3 aromatic carbocycles. The Morgan fingerprint density at radius 2 is 1.68 bits per heavy atom. The van der Waals surface area contributed by atoms with Gasteiger partial charge in [-0.3, -0.25) is 0 Å². The van der Waals surface area contributed by atoms with Gasteiger partial charge in [-0.1, -0.05) is 67.3 Å². The Kier molecular flexibility index (Phi) is 5.16. The first-order chi connectivity index (χ1) is 18.0. The summed E-state index contributed by atoms with van der Waals surface area (Å²) in [5.41, 5.74) is 4.67. The first-order valence-corrected chi connectivity index (χ1v) is 13.7. The molecule has 1 saturated carbocycles. The fourth-order valence-electron chi connectivity index (χ4n) is 7.57. The van der Waals surface area contributed by atoms with Crippen molar-refractivity contribution in [1.82, 2.24) is 4.48 Å². The standard InChI is InChI=1S/C32H34NO4/c1-21-9-8-10-23(15-21)18-33(22(2)24-11-4-3-5-12-24)27-14-7-6-13-25(27)32(31(33)34)19-35-28-17-30-29(16-26(28)32)36-20-37-30/h6-10,13-17,22,24H,3-5,11-12,18-20H2,1-2H3/q+1. The first-order valence-electron chi connectivity index (χ1n) is 13.7. The van der Waals surface area contributed by atoms with Crippen LogP contribution in [-0.2, 0) is 16.8 Å². The van der Waals surface area contributed by atoms with Crippen molar-refractivity contribution < 1.29 is 19.0 Å². The molecule has 4 aliphatic rings. The zero-order valence-electron chi connectivity index (χ0n) is 21.7. The summed E-state index contributed by atoms with van der Waals surface area (Å²) in [5, 5.41) is 0. The zero-order chi connectivity index (χ0) is 25.2. The lowest BCUT2D eigenvalue weighted by atomic mass is 9.76. The van der Waals surface area contributed by atoms with E-state index in [0.717, 1.165) is 22.6 Å². The molecular weight excluding hydrogens is 462 g/mol. The minimum atomic E-state index is -0.861. The highest BCUT2D eigenvalue weighted by molar-refractivity contribution is 6.08. The van der Waals surface area contributed by atoms with Crippen LogP contribution in [0, 0.1) is 12.8 Å². The van der Waals surface area contributed by atoms with Crippen molar-refractivity contribution in [2.45, 2.75) is 64.0 Å². The van der Waals surface area contributed by atoms with Gasteiger partial charge in [-0.05, 0) is 38.8 Å². The molecule has 0 radical (unpaired) electrons. The van der Waals surface area contributed by atoms with Gasteiger partial charge in [0, 0.05) is 28.7 Å². The molecule has 5 heteroatoms. The molecule has 5 nitrogen and oxygen atoms in total. The van der Waals surface area contributed by atoms with Crippen molar-refractivity contribution in [3.05, 3.63) is 82.9 Å². The molecule has 1 aliphatic carbocycles. The van der Waals surface area contributed by atoms with E-state index in [2.05, 4.69) is 62.4 Å². The van der Waals surface area contributed by atoms with Gasteiger partial charge in [0.2, 0.25) is 6.79 Å². The second-order valence-corrected chi connectivity index (χ2v) is 11.4. The van der Waals surface area contributed by atoms with E-state index in [0.29, 0.717) is 35.1 Å². The van der Waals surface area contributed by atoms with Gasteiger partial charge >= 0.3 is 5.91 Å². The van der Waals surface area contributed by atoms with Crippen LogP contribution in [0.5, 0.6) is 17.2 Å². The Morgan fingerprint density at radius 1 is 0.892 bits per heavy atom. The monoisotopic (exact) mass is 496 g/mol. The number of hydrogen-bond donors (Lipinski definition) is 0. The van der Waals surface area contributed by atoms with Crippen LogP contribution in [0.2, 0.25) is 0 Å². The molecule has 3 aromatic rings. The maximum atomic E-state index is 15.4. The Morgan fingerprint density at radius 3 is 2.49 bits per heavy atom. The van der Waals surface area contributed by atoms with E-state index in [1.165, 1.54) is 43.2 Å².